The third kappa shape index (κ3) is 2.49. The van der Waals surface area contributed by atoms with Gasteiger partial charge in [-0.2, -0.15) is 0 Å². The van der Waals surface area contributed by atoms with Crippen LogP contribution in [0.4, 0.5) is 4.39 Å². The molecule has 4 rings (SSSR count). The largest absolute Gasteiger partial charge is 0.477 e. The normalized spacial score (nSPS) is 11.2. The number of aromatic nitrogens is 3. The van der Waals surface area contributed by atoms with E-state index in [1.165, 1.54) is 10.8 Å². The number of fused-ring (bicyclic) bond motifs is 2. The molecule has 0 spiro atoms. The second-order valence-corrected chi connectivity index (χ2v) is 5.92. The van der Waals surface area contributed by atoms with Crippen LogP contribution >= 0.6 is 11.6 Å². The quantitative estimate of drug-likeness (QED) is 0.547. The highest BCUT2D eigenvalue weighted by atomic mass is 35.5. The first kappa shape index (κ1) is 16.2. The molecule has 0 fully saturated rings. The molecule has 1 aromatic carbocycles. The Morgan fingerprint density at radius 3 is 2.77 bits per heavy atom. The SMILES string of the molecule is O=C(O)c1cn(-c2cnc3ccccc3c2)c2nc(Cl)c(F)cc2c1=O. The Morgan fingerprint density at radius 1 is 1.23 bits per heavy atom. The van der Waals surface area contributed by atoms with E-state index in [0.29, 0.717) is 5.69 Å². The summed E-state index contributed by atoms with van der Waals surface area (Å²) in [6.07, 6.45) is 2.65. The molecule has 26 heavy (non-hydrogen) atoms. The van der Waals surface area contributed by atoms with Gasteiger partial charge in [0.15, 0.2) is 11.0 Å². The molecule has 6 nitrogen and oxygen atoms in total. The lowest BCUT2D eigenvalue weighted by Crippen LogP contribution is -2.19. The van der Waals surface area contributed by atoms with Gasteiger partial charge >= 0.3 is 5.97 Å². The van der Waals surface area contributed by atoms with Crippen molar-refractivity contribution >= 4 is 39.5 Å². The third-order valence-electron chi connectivity index (χ3n) is 3.97. The lowest BCUT2D eigenvalue weighted by Gasteiger charge is -2.12. The van der Waals surface area contributed by atoms with Gasteiger partial charge in [0.1, 0.15) is 11.2 Å². The maximum atomic E-state index is 13.8. The van der Waals surface area contributed by atoms with Gasteiger partial charge in [0.2, 0.25) is 5.43 Å². The van der Waals surface area contributed by atoms with Crippen molar-refractivity contribution in [1.29, 1.82) is 0 Å². The molecule has 3 aromatic heterocycles. The molecule has 0 radical (unpaired) electrons. The topological polar surface area (TPSA) is 85.1 Å². The van der Waals surface area contributed by atoms with Crippen molar-refractivity contribution in [3.05, 3.63) is 75.5 Å². The number of aromatic carboxylic acids is 1. The van der Waals surface area contributed by atoms with Crippen molar-refractivity contribution in [3.63, 3.8) is 0 Å². The Balaban J connectivity index is 2.13. The van der Waals surface area contributed by atoms with Crippen LogP contribution in [0, 0.1) is 5.82 Å². The highest BCUT2D eigenvalue weighted by Crippen LogP contribution is 2.22. The van der Waals surface area contributed by atoms with Gasteiger partial charge in [-0.05, 0) is 18.2 Å². The van der Waals surface area contributed by atoms with Gasteiger partial charge in [0.05, 0.1) is 22.8 Å². The van der Waals surface area contributed by atoms with E-state index < -0.39 is 27.9 Å². The van der Waals surface area contributed by atoms with Gasteiger partial charge in [0, 0.05) is 11.6 Å². The minimum Gasteiger partial charge on any atom is -0.477 e. The number of carbonyl (C=O) groups is 1. The number of hydrogen-bond donors (Lipinski definition) is 1. The Kier molecular flexibility index (Phi) is 3.66. The summed E-state index contributed by atoms with van der Waals surface area (Å²) in [6, 6.07) is 10.0. The van der Waals surface area contributed by atoms with Crippen LogP contribution in [0.1, 0.15) is 10.4 Å². The molecular formula is C18H9ClFN3O3. The molecule has 0 saturated heterocycles. The van der Waals surface area contributed by atoms with Gasteiger partial charge in [-0.25, -0.2) is 14.2 Å². The second-order valence-electron chi connectivity index (χ2n) is 5.57. The van der Waals surface area contributed by atoms with Crippen LogP contribution in [0.15, 0.2) is 53.6 Å². The fraction of sp³-hybridized carbons (Fsp3) is 0. The molecule has 0 aliphatic carbocycles. The molecule has 0 atom stereocenters. The van der Waals surface area contributed by atoms with Gasteiger partial charge in [-0.3, -0.25) is 14.3 Å². The van der Waals surface area contributed by atoms with E-state index in [-0.39, 0.29) is 11.0 Å². The molecule has 0 unspecified atom stereocenters. The van der Waals surface area contributed by atoms with E-state index in [1.807, 2.05) is 24.3 Å². The Morgan fingerprint density at radius 2 is 2.00 bits per heavy atom. The van der Waals surface area contributed by atoms with Crippen LogP contribution in [-0.4, -0.2) is 25.6 Å². The maximum absolute atomic E-state index is 13.8. The van der Waals surface area contributed by atoms with Gasteiger partial charge in [0.25, 0.3) is 0 Å². The number of pyridine rings is 3. The Labute approximate surface area is 150 Å². The summed E-state index contributed by atoms with van der Waals surface area (Å²) in [7, 11) is 0. The second kappa shape index (κ2) is 5.89. The highest BCUT2D eigenvalue weighted by Gasteiger charge is 2.18. The summed E-state index contributed by atoms with van der Waals surface area (Å²) in [5, 5.41) is 9.54. The van der Waals surface area contributed by atoms with Gasteiger partial charge in [-0.15, -0.1) is 0 Å². The van der Waals surface area contributed by atoms with Crippen molar-refractivity contribution < 1.29 is 14.3 Å². The monoisotopic (exact) mass is 369 g/mol. The number of nitrogens with zero attached hydrogens (tertiary/aromatic N) is 3. The molecule has 0 aliphatic rings. The number of para-hydroxylation sites is 1. The number of carboxylic acids is 1. The number of rotatable bonds is 2. The molecule has 1 N–H and O–H groups in total. The summed E-state index contributed by atoms with van der Waals surface area (Å²) in [6.45, 7) is 0. The summed E-state index contributed by atoms with van der Waals surface area (Å²) in [5.74, 6) is -2.32. The Bertz CT molecular complexity index is 1270. The average Bonchev–Trinajstić information content (AvgIpc) is 2.63. The summed E-state index contributed by atoms with van der Waals surface area (Å²) in [5.41, 5.74) is -0.0818. The zero-order valence-corrected chi connectivity index (χ0v) is 13.7. The molecule has 4 aromatic rings. The third-order valence-corrected chi connectivity index (χ3v) is 4.24. The van der Waals surface area contributed by atoms with E-state index in [9.17, 15) is 19.1 Å². The minimum atomic E-state index is -1.42. The standard InChI is InChI=1S/C18H9ClFN3O3/c19-16-13(20)6-11-15(24)12(18(25)26)8-23(17(11)22-16)10-5-9-3-1-2-4-14(9)21-7-10/h1-8H,(H,25,26). The van der Waals surface area contributed by atoms with Gasteiger partial charge in [-0.1, -0.05) is 29.8 Å². The summed E-state index contributed by atoms with van der Waals surface area (Å²) < 4.78 is 15.2. The summed E-state index contributed by atoms with van der Waals surface area (Å²) >= 11 is 5.76. The predicted octanol–water partition coefficient (Wildman–Crippen LogP) is 3.42. The lowest BCUT2D eigenvalue weighted by atomic mass is 10.1. The smallest absolute Gasteiger partial charge is 0.341 e. The van der Waals surface area contributed by atoms with Crippen LogP contribution in [0.3, 0.4) is 0 Å². The number of hydrogen-bond acceptors (Lipinski definition) is 4. The first-order chi connectivity index (χ1) is 12.5. The molecular weight excluding hydrogens is 361 g/mol. The van der Waals surface area contributed by atoms with E-state index in [4.69, 9.17) is 11.6 Å². The van der Waals surface area contributed by atoms with Gasteiger partial charge < -0.3 is 5.11 Å². The van der Waals surface area contributed by atoms with Crippen molar-refractivity contribution in [3.8, 4) is 5.69 Å². The van der Waals surface area contributed by atoms with E-state index in [0.717, 1.165) is 23.2 Å². The maximum Gasteiger partial charge on any atom is 0.341 e. The zero-order chi connectivity index (χ0) is 18.4. The first-order valence-corrected chi connectivity index (χ1v) is 7.83. The minimum absolute atomic E-state index is 0.0449. The van der Waals surface area contributed by atoms with Crippen molar-refractivity contribution in [1.82, 2.24) is 14.5 Å². The lowest BCUT2D eigenvalue weighted by molar-refractivity contribution is 0.0695. The Hall–Kier alpha value is -3.32. The van der Waals surface area contributed by atoms with E-state index >= 15 is 0 Å². The number of carboxylic acid groups (broad SMARTS) is 1. The molecule has 0 amide bonds. The van der Waals surface area contributed by atoms with E-state index in [1.54, 1.807) is 6.07 Å². The van der Waals surface area contributed by atoms with Crippen LogP contribution in [0.2, 0.25) is 5.15 Å². The van der Waals surface area contributed by atoms with Crippen LogP contribution in [0.25, 0.3) is 27.6 Å². The molecule has 0 aliphatic heterocycles. The fourth-order valence-electron chi connectivity index (χ4n) is 2.74. The highest BCUT2D eigenvalue weighted by molar-refractivity contribution is 6.29. The fourth-order valence-corrected chi connectivity index (χ4v) is 2.88. The molecule has 8 heteroatoms. The first-order valence-electron chi connectivity index (χ1n) is 7.45. The number of halogens is 2. The molecule has 0 saturated carbocycles. The van der Waals surface area contributed by atoms with Crippen LogP contribution in [0.5, 0.6) is 0 Å². The number of benzene rings is 1. The van der Waals surface area contributed by atoms with Crippen LogP contribution < -0.4 is 5.43 Å². The average molecular weight is 370 g/mol. The van der Waals surface area contributed by atoms with Crippen molar-refractivity contribution in [2.24, 2.45) is 0 Å². The van der Waals surface area contributed by atoms with Crippen LogP contribution in [-0.2, 0) is 0 Å². The molecule has 3 heterocycles. The van der Waals surface area contributed by atoms with Crippen molar-refractivity contribution in [2.75, 3.05) is 0 Å². The summed E-state index contributed by atoms with van der Waals surface area (Å²) in [4.78, 5) is 32.1. The predicted molar refractivity (Wildman–Crippen MR) is 94.6 cm³/mol. The van der Waals surface area contributed by atoms with Crippen molar-refractivity contribution in [2.45, 2.75) is 0 Å². The molecule has 128 valence electrons. The van der Waals surface area contributed by atoms with E-state index in [2.05, 4.69) is 9.97 Å². The molecule has 0 bridgehead atoms. The zero-order valence-electron chi connectivity index (χ0n) is 13.0.